The number of hydrogen-bond donors (Lipinski definition) is 3. The number of nitrogens with one attached hydrogen (secondary N) is 2. The standard InChI is InChI=1S/C23H21F3N4O5/c1-2-35-16-10-8-14(9-11-16)20(31)28-18(22(33)34)12-27-21(32)17-13-30(15-6-4-3-5-7-15)29-19(17)23(24,25)26/h3-11,13,18H,2,12H2,1H3,(H,27,32)(H,28,31)(H,33,34)/t18-/m1/s1. The molecule has 9 nitrogen and oxygen atoms in total. The van der Waals surface area contributed by atoms with Gasteiger partial charge in [0, 0.05) is 18.3 Å². The first-order valence-electron chi connectivity index (χ1n) is 10.4. The molecule has 0 saturated heterocycles. The van der Waals surface area contributed by atoms with E-state index in [2.05, 4.69) is 15.7 Å². The van der Waals surface area contributed by atoms with Crippen molar-refractivity contribution in [1.29, 1.82) is 0 Å². The van der Waals surface area contributed by atoms with Crippen molar-refractivity contribution >= 4 is 17.8 Å². The molecule has 2 aromatic carbocycles. The van der Waals surface area contributed by atoms with Gasteiger partial charge in [0.2, 0.25) is 0 Å². The first-order chi connectivity index (χ1) is 16.6. The summed E-state index contributed by atoms with van der Waals surface area (Å²) in [4.78, 5) is 36.5. The molecule has 0 fully saturated rings. The van der Waals surface area contributed by atoms with E-state index in [-0.39, 0.29) is 5.56 Å². The number of carboxylic acid groups (broad SMARTS) is 1. The number of nitrogens with zero attached hydrogens (tertiary/aromatic N) is 2. The average molecular weight is 490 g/mol. The van der Waals surface area contributed by atoms with Crippen LogP contribution in [0, 0.1) is 0 Å². The predicted octanol–water partition coefficient (Wildman–Crippen LogP) is 2.90. The van der Waals surface area contributed by atoms with Crippen molar-refractivity contribution in [3.05, 3.63) is 77.6 Å². The highest BCUT2D eigenvalue weighted by molar-refractivity contribution is 5.98. The van der Waals surface area contributed by atoms with Crippen LogP contribution >= 0.6 is 0 Å². The molecule has 3 N–H and O–H groups in total. The van der Waals surface area contributed by atoms with Crippen molar-refractivity contribution in [2.45, 2.75) is 19.1 Å². The molecule has 2 amide bonds. The molecule has 0 saturated carbocycles. The highest BCUT2D eigenvalue weighted by Crippen LogP contribution is 2.31. The highest BCUT2D eigenvalue weighted by atomic mass is 19.4. The molecule has 0 radical (unpaired) electrons. The molecule has 1 heterocycles. The van der Waals surface area contributed by atoms with Crippen molar-refractivity contribution in [2.24, 2.45) is 0 Å². The Balaban J connectivity index is 1.73. The van der Waals surface area contributed by atoms with Gasteiger partial charge < -0.3 is 20.5 Å². The number of halogens is 3. The fourth-order valence-electron chi connectivity index (χ4n) is 3.06. The number of alkyl halides is 3. The molecule has 0 unspecified atom stereocenters. The third-order valence-corrected chi connectivity index (χ3v) is 4.75. The number of amides is 2. The minimum Gasteiger partial charge on any atom is -0.494 e. The Morgan fingerprint density at radius 3 is 2.29 bits per heavy atom. The number of carbonyl (C=O) groups excluding carboxylic acids is 2. The Kier molecular flexibility index (Phi) is 7.74. The van der Waals surface area contributed by atoms with Gasteiger partial charge >= 0.3 is 12.1 Å². The number of aromatic nitrogens is 2. The number of para-hydroxylation sites is 1. The number of ether oxygens (including phenoxy) is 1. The van der Waals surface area contributed by atoms with Crippen LogP contribution in [-0.4, -0.2) is 51.9 Å². The summed E-state index contributed by atoms with van der Waals surface area (Å²) < 4.78 is 46.6. The van der Waals surface area contributed by atoms with E-state index in [4.69, 9.17) is 4.74 Å². The monoisotopic (exact) mass is 490 g/mol. The van der Waals surface area contributed by atoms with Crippen LogP contribution in [0.4, 0.5) is 13.2 Å². The second-order valence-corrected chi connectivity index (χ2v) is 7.20. The molecular formula is C23H21F3N4O5. The zero-order valence-corrected chi connectivity index (χ0v) is 18.4. The van der Waals surface area contributed by atoms with Gasteiger partial charge in [0.1, 0.15) is 11.8 Å². The summed E-state index contributed by atoms with van der Waals surface area (Å²) in [7, 11) is 0. The zero-order valence-electron chi connectivity index (χ0n) is 18.4. The minimum atomic E-state index is -4.93. The van der Waals surface area contributed by atoms with Gasteiger partial charge in [0.15, 0.2) is 5.69 Å². The third kappa shape index (κ3) is 6.37. The van der Waals surface area contributed by atoms with Gasteiger partial charge in [-0.25, -0.2) is 9.48 Å². The molecular weight excluding hydrogens is 469 g/mol. The number of carbonyl (C=O) groups is 3. The Hall–Kier alpha value is -4.35. The normalized spacial score (nSPS) is 12.0. The summed E-state index contributed by atoms with van der Waals surface area (Å²) in [5, 5.41) is 17.3. The number of rotatable bonds is 9. The first-order valence-corrected chi connectivity index (χ1v) is 10.4. The van der Waals surface area contributed by atoms with Gasteiger partial charge in [-0.2, -0.15) is 18.3 Å². The SMILES string of the molecule is CCOc1ccc(C(=O)N[C@H](CNC(=O)c2cn(-c3ccccc3)nc2C(F)(F)F)C(=O)O)cc1. The van der Waals surface area contributed by atoms with Crippen molar-refractivity contribution in [2.75, 3.05) is 13.2 Å². The van der Waals surface area contributed by atoms with E-state index in [9.17, 15) is 32.7 Å². The summed E-state index contributed by atoms with van der Waals surface area (Å²) in [6, 6.07) is 12.2. The quantitative estimate of drug-likeness (QED) is 0.424. The molecule has 1 atom stereocenters. The lowest BCUT2D eigenvalue weighted by Gasteiger charge is -2.16. The first kappa shape index (κ1) is 25.3. The second-order valence-electron chi connectivity index (χ2n) is 7.20. The molecule has 0 aliphatic carbocycles. The van der Waals surface area contributed by atoms with E-state index in [0.29, 0.717) is 18.0 Å². The van der Waals surface area contributed by atoms with Gasteiger partial charge in [0.05, 0.1) is 17.9 Å². The third-order valence-electron chi connectivity index (χ3n) is 4.75. The molecule has 3 rings (SSSR count). The van der Waals surface area contributed by atoms with E-state index < -0.39 is 47.8 Å². The Bertz CT molecular complexity index is 1190. The number of benzene rings is 2. The number of hydrogen-bond acceptors (Lipinski definition) is 5. The van der Waals surface area contributed by atoms with E-state index in [0.717, 1.165) is 10.9 Å². The van der Waals surface area contributed by atoms with Crippen LogP contribution < -0.4 is 15.4 Å². The summed E-state index contributed by atoms with van der Waals surface area (Å²) in [5.41, 5.74) is -1.79. The van der Waals surface area contributed by atoms with Crippen LogP contribution in [0.1, 0.15) is 33.3 Å². The van der Waals surface area contributed by atoms with E-state index >= 15 is 0 Å². The predicted molar refractivity (Wildman–Crippen MR) is 117 cm³/mol. The Labute approximate surface area is 197 Å². The molecule has 0 bridgehead atoms. The van der Waals surface area contributed by atoms with Gasteiger partial charge in [-0.3, -0.25) is 9.59 Å². The maximum absolute atomic E-state index is 13.5. The maximum Gasteiger partial charge on any atom is 0.435 e. The molecule has 0 aliphatic heterocycles. The lowest BCUT2D eigenvalue weighted by Crippen LogP contribution is -2.48. The summed E-state index contributed by atoms with van der Waals surface area (Å²) in [5.74, 6) is -2.91. The lowest BCUT2D eigenvalue weighted by atomic mass is 10.1. The van der Waals surface area contributed by atoms with Gasteiger partial charge in [-0.1, -0.05) is 18.2 Å². The molecule has 0 spiro atoms. The lowest BCUT2D eigenvalue weighted by molar-refractivity contribution is -0.142. The van der Waals surface area contributed by atoms with E-state index in [1.807, 2.05) is 0 Å². The number of carboxylic acids is 1. The largest absolute Gasteiger partial charge is 0.494 e. The van der Waals surface area contributed by atoms with E-state index in [1.54, 1.807) is 25.1 Å². The molecule has 1 aromatic heterocycles. The van der Waals surface area contributed by atoms with Crippen molar-refractivity contribution < 1.29 is 37.4 Å². The van der Waals surface area contributed by atoms with Gasteiger partial charge in [-0.05, 0) is 43.3 Å². The van der Waals surface area contributed by atoms with Gasteiger partial charge in [0.25, 0.3) is 11.8 Å². The van der Waals surface area contributed by atoms with Crippen LogP contribution in [0.5, 0.6) is 5.75 Å². The highest BCUT2D eigenvalue weighted by Gasteiger charge is 2.39. The molecule has 3 aromatic rings. The van der Waals surface area contributed by atoms with Crippen LogP contribution in [0.2, 0.25) is 0 Å². The smallest absolute Gasteiger partial charge is 0.435 e. The van der Waals surface area contributed by atoms with E-state index in [1.165, 1.54) is 36.4 Å². The van der Waals surface area contributed by atoms with Crippen molar-refractivity contribution in [3.63, 3.8) is 0 Å². The topological polar surface area (TPSA) is 123 Å². The molecule has 35 heavy (non-hydrogen) atoms. The summed E-state index contributed by atoms with van der Waals surface area (Å²) in [6.07, 6.45) is -4.03. The van der Waals surface area contributed by atoms with Crippen LogP contribution in [-0.2, 0) is 11.0 Å². The van der Waals surface area contributed by atoms with Crippen LogP contribution in [0.3, 0.4) is 0 Å². The fourth-order valence-corrected chi connectivity index (χ4v) is 3.06. The minimum absolute atomic E-state index is 0.134. The van der Waals surface area contributed by atoms with Crippen LogP contribution in [0.25, 0.3) is 5.69 Å². The average Bonchev–Trinajstić information content (AvgIpc) is 3.29. The Morgan fingerprint density at radius 1 is 1.06 bits per heavy atom. The summed E-state index contributed by atoms with van der Waals surface area (Å²) >= 11 is 0. The number of aliphatic carboxylic acids is 1. The molecule has 12 heteroatoms. The fraction of sp³-hybridized carbons (Fsp3) is 0.217. The van der Waals surface area contributed by atoms with Crippen molar-refractivity contribution in [1.82, 2.24) is 20.4 Å². The maximum atomic E-state index is 13.5. The van der Waals surface area contributed by atoms with Crippen LogP contribution in [0.15, 0.2) is 60.8 Å². The Morgan fingerprint density at radius 2 is 1.71 bits per heavy atom. The van der Waals surface area contributed by atoms with Gasteiger partial charge in [-0.15, -0.1) is 0 Å². The molecule has 184 valence electrons. The molecule has 0 aliphatic rings. The zero-order chi connectivity index (χ0) is 25.6. The summed E-state index contributed by atoms with van der Waals surface area (Å²) in [6.45, 7) is 1.55. The second kappa shape index (κ2) is 10.7. The van der Waals surface area contributed by atoms with Crippen molar-refractivity contribution in [3.8, 4) is 11.4 Å².